The fourth-order valence-electron chi connectivity index (χ4n) is 2.52. The second-order valence-electron chi connectivity index (χ2n) is 6.32. The summed E-state index contributed by atoms with van der Waals surface area (Å²) in [7, 11) is 0. The first kappa shape index (κ1) is 14.8. The molecule has 0 aliphatic carbocycles. The molecule has 2 N–H and O–H groups in total. The van der Waals surface area contributed by atoms with Gasteiger partial charge in [-0.3, -0.25) is 0 Å². The first-order valence-corrected chi connectivity index (χ1v) is 7.28. The van der Waals surface area contributed by atoms with Crippen LogP contribution in [0.15, 0.2) is 48.5 Å². The number of rotatable bonds is 4. The molecular weight excluding hydrogens is 242 g/mol. The summed E-state index contributed by atoms with van der Waals surface area (Å²) in [6.45, 7) is 8.77. The molecule has 0 heterocycles. The lowest BCUT2D eigenvalue weighted by Gasteiger charge is -2.32. The molecule has 0 bridgehead atoms. The highest BCUT2D eigenvalue weighted by atomic mass is 14.7. The van der Waals surface area contributed by atoms with E-state index in [1.165, 1.54) is 22.3 Å². The minimum atomic E-state index is -0.0277. The fraction of sp³-hybridized carbons (Fsp3) is 0.368. The molecule has 2 aromatic rings. The summed E-state index contributed by atoms with van der Waals surface area (Å²) >= 11 is 0. The average Bonchev–Trinajstić information content (AvgIpc) is 2.44. The first-order chi connectivity index (χ1) is 9.41. The van der Waals surface area contributed by atoms with Gasteiger partial charge in [0.1, 0.15) is 0 Å². The number of aryl methyl sites for hydroxylation is 2. The minimum Gasteiger partial charge on any atom is -0.327 e. The molecule has 0 amide bonds. The lowest BCUT2D eigenvalue weighted by atomic mass is 9.76. The van der Waals surface area contributed by atoms with Crippen LogP contribution in [-0.2, 0) is 11.8 Å². The number of hydrogen-bond acceptors (Lipinski definition) is 1. The quantitative estimate of drug-likeness (QED) is 0.884. The second-order valence-corrected chi connectivity index (χ2v) is 6.32. The first-order valence-electron chi connectivity index (χ1n) is 7.28. The van der Waals surface area contributed by atoms with Gasteiger partial charge in [-0.25, -0.2) is 0 Å². The molecule has 106 valence electrons. The van der Waals surface area contributed by atoms with Crippen LogP contribution in [0.4, 0.5) is 0 Å². The SMILES string of the molecule is Cc1ccc(CC(N)C(C)(C)c2ccccc2)cc1C. The lowest BCUT2D eigenvalue weighted by Crippen LogP contribution is -2.42. The van der Waals surface area contributed by atoms with E-state index in [1.54, 1.807) is 0 Å². The van der Waals surface area contributed by atoms with Crippen LogP contribution in [0, 0.1) is 13.8 Å². The van der Waals surface area contributed by atoms with Gasteiger partial charge < -0.3 is 5.73 Å². The highest BCUT2D eigenvalue weighted by Gasteiger charge is 2.28. The smallest absolute Gasteiger partial charge is 0.0172 e. The normalized spacial score (nSPS) is 13.2. The molecule has 0 spiro atoms. The van der Waals surface area contributed by atoms with Crippen molar-refractivity contribution in [2.45, 2.75) is 45.6 Å². The molecule has 0 aliphatic rings. The van der Waals surface area contributed by atoms with Crippen LogP contribution in [0.3, 0.4) is 0 Å². The van der Waals surface area contributed by atoms with Crippen LogP contribution in [0.25, 0.3) is 0 Å². The van der Waals surface area contributed by atoms with Gasteiger partial charge in [-0.1, -0.05) is 62.4 Å². The lowest BCUT2D eigenvalue weighted by molar-refractivity contribution is 0.406. The summed E-state index contributed by atoms with van der Waals surface area (Å²) in [4.78, 5) is 0. The van der Waals surface area contributed by atoms with E-state index < -0.39 is 0 Å². The maximum Gasteiger partial charge on any atom is 0.0172 e. The van der Waals surface area contributed by atoms with E-state index in [0.29, 0.717) is 0 Å². The highest BCUT2D eigenvalue weighted by Crippen LogP contribution is 2.28. The van der Waals surface area contributed by atoms with E-state index in [0.717, 1.165) is 6.42 Å². The van der Waals surface area contributed by atoms with Gasteiger partial charge in [0, 0.05) is 11.5 Å². The van der Waals surface area contributed by atoms with Gasteiger partial charge in [0.15, 0.2) is 0 Å². The summed E-state index contributed by atoms with van der Waals surface area (Å²) in [5.41, 5.74) is 11.8. The molecule has 20 heavy (non-hydrogen) atoms. The standard InChI is InChI=1S/C19H25N/c1-14-10-11-16(12-15(14)2)13-18(20)19(3,4)17-8-6-5-7-9-17/h5-12,18H,13,20H2,1-4H3. The zero-order chi connectivity index (χ0) is 14.8. The summed E-state index contributed by atoms with van der Waals surface area (Å²) < 4.78 is 0. The molecule has 1 atom stereocenters. The molecule has 0 fully saturated rings. The van der Waals surface area contributed by atoms with Gasteiger partial charge >= 0.3 is 0 Å². The van der Waals surface area contributed by atoms with Crippen LogP contribution in [-0.4, -0.2) is 6.04 Å². The Bertz CT molecular complexity index is 570. The summed E-state index contributed by atoms with van der Waals surface area (Å²) in [5, 5.41) is 0. The van der Waals surface area contributed by atoms with E-state index in [1.807, 2.05) is 0 Å². The minimum absolute atomic E-state index is 0.0277. The number of nitrogens with two attached hydrogens (primary N) is 1. The van der Waals surface area contributed by atoms with E-state index in [-0.39, 0.29) is 11.5 Å². The monoisotopic (exact) mass is 267 g/mol. The van der Waals surface area contributed by atoms with Crippen LogP contribution in [0.5, 0.6) is 0 Å². The van der Waals surface area contributed by atoms with E-state index in [4.69, 9.17) is 5.73 Å². The van der Waals surface area contributed by atoms with E-state index in [2.05, 4.69) is 76.2 Å². The third kappa shape index (κ3) is 3.10. The van der Waals surface area contributed by atoms with Crippen molar-refractivity contribution in [3.05, 3.63) is 70.8 Å². The Morgan fingerprint density at radius 3 is 2.20 bits per heavy atom. The Kier molecular flexibility index (Phi) is 4.29. The molecule has 2 rings (SSSR count). The molecule has 1 unspecified atom stereocenters. The topological polar surface area (TPSA) is 26.0 Å². The number of benzene rings is 2. The van der Waals surface area contributed by atoms with E-state index in [9.17, 15) is 0 Å². The molecule has 0 aromatic heterocycles. The van der Waals surface area contributed by atoms with Crippen molar-refractivity contribution in [1.82, 2.24) is 0 Å². The van der Waals surface area contributed by atoms with Crippen molar-refractivity contribution in [3.8, 4) is 0 Å². The Morgan fingerprint density at radius 1 is 0.950 bits per heavy atom. The second kappa shape index (κ2) is 5.80. The van der Waals surface area contributed by atoms with Crippen LogP contribution in [0.1, 0.15) is 36.1 Å². The Labute approximate surface area is 122 Å². The molecule has 0 radical (unpaired) electrons. The highest BCUT2D eigenvalue weighted by molar-refractivity contribution is 5.32. The maximum absolute atomic E-state index is 6.50. The predicted molar refractivity (Wildman–Crippen MR) is 87.1 cm³/mol. The predicted octanol–water partition coefficient (Wildman–Crippen LogP) is 4.15. The Hall–Kier alpha value is -1.60. The van der Waals surface area contributed by atoms with E-state index >= 15 is 0 Å². The van der Waals surface area contributed by atoms with Crippen molar-refractivity contribution in [1.29, 1.82) is 0 Å². The van der Waals surface area contributed by atoms with Crippen LogP contribution >= 0.6 is 0 Å². The summed E-state index contributed by atoms with van der Waals surface area (Å²) in [6.07, 6.45) is 0.906. The zero-order valence-electron chi connectivity index (χ0n) is 13.0. The van der Waals surface area contributed by atoms with Crippen molar-refractivity contribution in [3.63, 3.8) is 0 Å². The van der Waals surface area contributed by atoms with Gasteiger partial charge in [-0.2, -0.15) is 0 Å². The van der Waals surface area contributed by atoms with Crippen LogP contribution < -0.4 is 5.73 Å². The zero-order valence-corrected chi connectivity index (χ0v) is 13.0. The molecule has 2 aromatic carbocycles. The van der Waals surface area contributed by atoms with Gasteiger partial charge in [0.05, 0.1) is 0 Å². The average molecular weight is 267 g/mol. The molecule has 0 saturated heterocycles. The maximum atomic E-state index is 6.50. The Balaban J connectivity index is 2.18. The fourth-order valence-corrected chi connectivity index (χ4v) is 2.52. The molecular formula is C19H25N. The van der Waals surface area contributed by atoms with Crippen molar-refractivity contribution >= 4 is 0 Å². The molecule has 1 nitrogen and oxygen atoms in total. The van der Waals surface area contributed by atoms with Crippen LogP contribution in [0.2, 0.25) is 0 Å². The van der Waals surface area contributed by atoms with Crippen molar-refractivity contribution in [2.75, 3.05) is 0 Å². The third-order valence-corrected chi connectivity index (χ3v) is 4.47. The van der Waals surface area contributed by atoms with Gasteiger partial charge in [-0.15, -0.1) is 0 Å². The largest absolute Gasteiger partial charge is 0.327 e. The van der Waals surface area contributed by atoms with Crippen molar-refractivity contribution < 1.29 is 0 Å². The van der Waals surface area contributed by atoms with Gasteiger partial charge in [-0.05, 0) is 42.5 Å². The third-order valence-electron chi connectivity index (χ3n) is 4.47. The summed E-state index contributed by atoms with van der Waals surface area (Å²) in [6, 6.07) is 17.3. The van der Waals surface area contributed by atoms with Gasteiger partial charge in [0.2, 0.25) is 0 Å². The van der Waals surface area contributed by atoms with Crippen molar-refractivity contribution in [2.24, 2.45) is 5.73 Å². The molecule has 1 heteroatoms. The summed E-state index contributed by atoms with van der Waals surface area (Å²) in [5.74, 6) is 0. The number of hydrogen-bond donors (Lipinski definition) is 1. The molecule has 0 saturated carbocycles. The molecule has 0 aliphatic heterocycles. The Morgan fingerprint density at radius 2 is 1.60 bits per heavy atom. The van der Waals surface area contributed by atoms with Gasteiger partial charge in [0.25, 0.3) is 0 Å².